The summed E-state index contributed by atoms with van der Waals surface area (Å²) in [6.45, 7) is 3.31. The van der Waals surface area contributed by atoms with Crippen LogP contribution < -0.4 is 0 Å². The van der Waals surface area contributed by atoms with Crippen LogP contribution in [0, 0.1) is 0 Å². The number of carbonyl (C=O) groups excluding carboxylic acids is 2. The maximum absolute atomic E-state index is 11.7. The van der Waals surface area contributed by atoms with Crippen molar-refractivity contribution >= 4 is 27.9 Å². The predicted molar refractivity (Wildman–Crippen MR) is 70.3 cm³/mol. The van der Waals surface area contributed by atoms with Crippen LogP contribution in [-0.2, 0) is 19.1 Å². The van der Waals surface area contributed by atoms with Gasteiger partial charge in [-0.15, -0.1) is 0 Å². The number of esters is 2. The van der Waals surface area contributed by atoms with E-state index in [4.69, 9.17) is 9.47 Å². The van der Waals surface area contributed by atoms with Crippen molar-refractivity contribution in [2.45, 2.75) is 24.8 Å². The normalized spacial score (nSPS) is 13.5. The fraction of sp³-hybridized carbons (Fsp3) is 0.385. The van der Waals surface area contributed by atoms with Gasteiger partial charge in [-0.1, -0.05) is 46.3 Å². The van der Waals surface area contributed by atoms with Gasteiger partial charge in [-0.3, -0.25) is 9.59 Å². The lowest BCUT2D eigenvalue weighted by Crippen LogP contribution is -2.27. The third-order valence-electron chi connectivity index (χ3n) is 2.20. The molecule has 0 radical (unpaired) electrons. The number of hydrogen-bond donors (Lipinski definition) is 0. The SMILES string of the molecule is CCOC(=O)[C@@H](Br)[C@@H](OC(C)=O)c1ccccc1. The lowest BCUT2D eigenvalue weighted by Gasteiger charge is -2.21. The highest BCUT2D eigenvalue weighted by Crippen LogP contribution is 2.27. The molecule has 0 aliphatic rings. The summed E-state index contributed by atoms with van der Waals surface area (Å²) in [6, 6.07) is 9.07. The molecular weight excluding hydrogens is 300 g/mol. The zero-order valence-electron chi connectivity index (χ0n) is 10.3. The second-order valence-corrected chi connectivity index (χ2v) is 4.58. The molecule has 1 aromatic carbocycles. The molecule has 1 aromatic rings. The molecule has 0 spiro atoms. The second-order valence-electron chi connectivity index (χ2n) is 3.59. The molecule has 2 atom stereocenters. The van der Waals surface area contributed by atoms with E-state index < -0.39 is 22.9 Å². The molecule has 0 bridgehead atoms. The minimum absolute atomic E-state index is 0.280. The molecule has 0 fully saturated rings. The molecule has 0 heterocycles. The van der Waals surface area contributed by atoms with Crippen molar-refractivity contribution in [2.75, 3.05) is 6.61 Å². The molecule has 5 heteroatoms. The first-order valence-corrected chi connectivity index (χ1v) is 6.50. The number of halogens is 1. The molecule has 4 nitrogen and oxygen atoms in total. The van der Waals surface area contributed by atoms with E-state index in [1.54, 1.807) is 19.1 Å². The van der Waals surface area contributed by atoms with Crippen molar-refractivity contribution < 1.29 is 19.1 Å². The fourth-order valence-electron chi connectivity index (χ4n) is 1.46. The minimum Gasteiger partial charge on any atom is -0.465 e. The van der Waals surface area contributed by atoms with Crippen molar-refractivity contribution in [3.05, 3.63) is 35.9 Å². The van der Waals surface area contributed by atoms with Gasteiger partial charge in [-0.2, -0.15) is 0 Å². The largest absolute Gasteiger partial charge is 0.465 e. The van der Waals surface area contributed by atoms with Gasteiger partial charge >= 0.3 is 11.9 Å². The third kappa shape index (κ3) is 4.14. The van der Waals surface area contributed by atoms with E-state index in [2.05, 4.69) is 15.9 Å². The maximum Gasteiger partial charge on any atom is 0.323 e. The number of ether oxygens (including phenoxy) is 2. The van der Waals surface area contributed by atoms with Crippen LogP contribution in [-0.4, -0.2) is 23.4 Å². The second kappa shape index (κ2) is 7.16. The number of benzene rings is 1. The standard InChI is InChI=1S/C13H15BrO4/c1-3-17-13(16)11(14)12(18-9(2)15)10-7-5-4-6-8-10/h4-8,11-12H,3H2,1-2H3/t11-,12-/m0/s1. The summed E-state index contributed by atoms with van der Waals surface area (Å²) in [7, 11) is 0. The summed E-state index contributed by atoms with van der Waals surface area (Å²) in [6.07, 6.45) is -0.692. The highest BCUT2D eigenvalue weighted by Gasteiger charge is 2.30. The predicted octanol–water partition coefficient (Wildman–Crippen LogP) is 2.62. The fourth-order valence-corrected chi connectivity index (χ4v) is 2.01. The number of alkyl halides is 1. The summed E-state index contributed by atoms with van der Waals surface area (Å²) < 4.78 is 10.1. The van der Waals surface area contributed by atoms with Gasteiger partial charge in [0.2, 0.25) is 0 Å². The molecule has 98 valence electrons. The van der Waals surface area contributed by atoms with Gasteiger partial charge in [0.1, 0.15) is 6.10 Å². The Morgan fingerprint density at radius 1 is 1.28 bits per heavy atom. The van der Waals surface area contributed by atoms with Gasteiger partial charge in [0.05, 0.1) is 6.61 Å². The molecule has 0 aliphatic heterocycles. The van der Waals surface area contributed by atoms with Gasteiger partial charge < -0.3 is 9.47 Å². The van der Waals surface area contributed by atoms with Crippen LogP contribution in [0.15, 0.2) is 30.3 Å². The number of carbonyl (C=O) groups is 2. The zero-order chi connectivity index (χ0) is 13.5. The Bertz CT molecular complexity index is 405. The Kier molecular flexibility index (Phi) is 5.85. The molecule has 0 N–H and O–H groups in total. The van der Waals surface area contributed by atoms with Crippen molar-refractivity contribution in [1.82, 2.24) is 0 Å². The Morgan fingerprint density at radius 2 is 1.89 bits per heavy atom. The van der Waals surface area contributed by atoms with Gasteiger partial charge in [0.25, 0.3) is 0 Å². The van der Waals surface area contributed by atoms with E-state index >= 15 is 0 Å². The maximum atomic E-state index is 11.7. The molecule has 0 unspecified atom stereocenters. The molecule has 0 aliphatic carbocycles. The number of rotatable bonds is 5. The van der Waals surface area contributed by atoms with Crippen LogP contribution >= 0.6 is 15.9 Å². The Hall–Kier alpha value is -1.36. The van der Waals surface area contributed by atoms with Gasteiger partial charge in [-0.25, -0.2) is 0 Å². The Labute approximate surface area is 114 Å². The first kappa shape index (κ1) is 14.7. The molecule has 18 heavy (non-hydrogen) atoms. The van der Waals surface area contributed by atoms with Crippen molar-refractivity contribution in [2.24, 2.45) is 0 Å². The average Bonchev–Trinajstić information content (AvgIpc) is 2.36. The zero-order valence-corrected chi connectivity index (χ0v) is 11.8. The molecular formula is C13H15BrO4. The van der Waals surface area contributed by atoms with Crippen molar-refractivity contribution in [3.8, 4) is 0 Å². The van der Waals surface area contributed by atoms with Crippen LogP contribution in [0.4, 0.5) is 0 Å². The van der Waals surface area contributed by atoms with Crippen molar-refractivity contribution in [1.29, 1.82) is 0 Å². The summed E-state index contributed by atoms with van der Waals surface area (Å²) in [5, 5.41) is 0. The molecule has 0 saturated carbocycles. The molecule has 1 rings (SSSR count). The lowest BCUT2D eigenvalue weighted by atomic mass is 10.1. The van der Waals surface area contributed by atoms with Crippen LogP contribution in [0.2, 0.25) is 0 Å². The first-order valence-electron chi connectivity index (χ1n) is 5.59. The van der Waals surface area contributed by atoms with Crippen LogP contribution in [0.25, 0.3) is 0 Å². The van der Waals surface area contributed by atoms with Gasteiger partial charge in [0, 0.05) is 6.92 Å². The van der Waals surface area contributed by atoms with Gasteiger partial charge in [0.15, 0.2) is 4.83 Å². The summed E-state index contributed by atoms with van der Waals surface area (Å²) >= 11 is 3.22. The van der Waals surface area contributed by atoms with Gasteiger partial charge in [-0.05, 0) is 12.5 Å². The average molecular weight is 315 g/mol. The minimum atomic E-state index is -0.719. The molecule has 0 aromatic heterocycles. The monoisotopic (exact) mass is 314 g/mol. The summed E-state index contributed by atoms with van der Waals surface area (Å²) in [5.41, 5.74) is 0.739. The highest BCUT2D eigenvalue weighted by atomic mass is 79.9. The van der Waals surface area contributed by atoms with E-state index in [1.807, 2.05) is 18.2 Å². The topological polar surface area (TPSA) is 52.6 Å². The highest BCUT2D eigenvalue weighted by molar-refractivity contribution is 9.10. The molecule has 0 saturated heterocycles. The smallest absolute Gasteiger partial charge is 0.323 e. The van der Waals surface area contributed by atoms with Crippen LogP contribution in [0.5, 0.6) is 0 Å². The third-order valence-corrected chi connectivity index (χ3v) is 3.05. The Morgan fingerprint density at radius 3 is 2.39 bits per heavy atom. The number of hydrogen-bond acceptors (Lipinski definition) is 4. The van der Waals surface area contributed by atoms with Crippen LogP contribution in [0.1, 0.15) is 25.5 Å². The quantitative estimate of drug-likeness (QED) is 0.619. The first-order chi connectivity index (χ1) is 8.56. The van der Waals surface area contributed by atoms with E-state index in [-0.39, 0.29) is 6.61 Å². The summed E-state index contributed by atoms with van der Waals surface area (Å²) in [4.78, 5) is 22.1. The van der Waals surface area contributed by atoms with E-state index in [1.165, 1.54) is 6.92 Å². The lowest BCUT2D eigenvalue weighted by molar-refractivity contribution is -0.152. The van der Waals surface area contributed by atoms with E-state index in [0.717, 1.165) is 5.56 Å². The molecule has 0 amide bonds. The van der Waals surface area contributed by atoms with E-state index in [0.29, 0.717) is 0 Å². The van der Waals surface area contributed by atoms with E-state index in [9.17, 15) is 9.59 Å². The Balaban J connectivity index is 2.91. The summed E-state index contributed by atoms with van der Waals surface area (Å²) in [5.74, 6) is -0.898. The van der Waals surface area contributed by atoms with Crippen molar-refractivity contribution in [3.63, 3.8) is 0 Å². The van der Waals surface area contributed by atoms with Crippen LogP contribution in [0.3, 0.4) is 0 Å².